The molecule has 2 rings (SSSR count). The molecule has 8 heteroatoms. The second-order valence-electron chi connectivity index (χ2n) is 3.88. The van der Waals surface area contributed by atoms with Crippen molar-refractivity contribution in [2.45, 2.75) is 6.04 Å². The molecule has 2 heterocycles. The van der Waals surface area contributed by atoms with Gasteiger partial charge < -0.3 is 19.7 Å². The normalized spacial score (nSPS) is 18.3. The van der Waals surface area contributed by atoms with Crippen LogP contribution in [0.4, 0.5) is 0 Å². The van der Waals surface area contributed by atoms with E-state index in [0.29, 0.717) is 11.6 Å². The molecule has 19 heavy (non-hydrogen) atoms. The highest BCUT2D eigenvalue weighted by molar-refractivity contribution is 7.99. The van der Waals surface area contributed by atoms with Crippen molar-refractivity contribution in [3.63, 3.8) is 0 Å². The number of carboxylic acid groups (broad SMARTS) is 1. The lowest BCUT2D eigenvalue weighted by Gasteiger charge is -2.20. The van der Waals surface area contributed by atoms with Crippen molar-refractivity contribution in [1.29, 1.82) is 0 Å². The van der Waals surface area contributed by atoms with Gasteiger partial charge in [-0.15, -0.1) is 11.8 Å². The first-order valence-electron chi connectivity index (χ1n) is 5.51. The third kappa shape index (κ3) is 3.08. The smallest absolute Gasteiger partial charge is 0.327 e. The highest BCUT2D eigenvalue weighted by Gasteiger charge is 2.34. The zero-order valence-corrected chi connectivity index (χ0v) is 10.7. The van der Waals surface area contributed by atoms with E-state index in [1.807, 2.05) is 0 Å². The van der Waals surface area contributed by atoms with Crippen molar-refractivity contribution in [3.05, 3.63) is 24.2 Å². The molecule has 1 saturated heterocycles. The number of carbonyl (C=O) groups excluding carboxylic acids is 2. The minimum absolute atomic E-state index is 0.110. The molecular weight excluding hydrogens is 272 g/mol. The molecule has 1 aliphatic rings. The van der Waals surface area contributed by atoms with Gasteiger partial charge in [0.15, 0.2) is 5.76 Å². The summed E-state index contributed by atoms with van der Waals surface area (Å²) in [5, 5.41) is 11.3. The van der Waals surface area contributed by atoms with Gasteiger partial charge in [0.2, 0.25) is 5.91 Å². The Morgan fingerprint density at radius 1 is 1.53 bits per heavy atom. The first-order valence-corrected chi connectivity index (χ1v) is 6.67. The van der Waals surface area contributed by atoms with Crippen LogP contribution in [-0.2, 0) is 9.59 Å². The lowest BCUT2D eigenvalue weighted by Crippen LogP contribution is -2.46. The zero-order chi connectivity index (χ0) is 13.8. The van der Waals surface area contributed by atoms with Crippen LogP contribution in [0.5, 0.6) is 0 Å². The quantitative estimate of drug-likeness (QED) is 0.807. The van der Waals surface area contributed by atoms with Gasteiger partial charge in [0.25, 0.3) is 5.91 Å². The van der Waals surface area contributed by atoms with E-state index in [9.17, 15) is 14.4 Å². The molecule has 0 aliphatic carbocycles. The monoisotopic (exact) mass is 284 g/mol. The minimum atomic E-state index is -1.03. The fourth-order valence-electron chi connectivity index (χ4n) is 1.65. The summed E-state index contributed by atoms with van der Waals surface area (Å²) in [6.45, 7) is -0.246. The summed E-state index contributed by atoms with van der Waals surface area (Å²) in [4.78, 5) is 35.6. The predicted molar refractivity (Wildman–Crippen MR) is 66.6 cm³/mol. The molecule has 0 bridgehead atoms. The molecule has 7 nitrogen and oxygen atoms in total. The molecule has 0 aromatic carbocycles. The molecule has 1 atom stereocenters. The van der Waals surface area contributed by atoms with Crippen molar-refractivity contribution in [1.82, 2.24) is 10.2 Å². The Kier molecular flexibility index (Phi) is 4.10. The number of amides is 2. The molecule has 1 aromatic heterocycles. The van der Waals surface area contributed by atoms with Crippen LogP contribution in [0.2, 0.25) is 0 Å². The van der Waals surface area contributed by atoms with Crippen molar-refractivity contribution >= 4 is 29.5 Å². The molecule has 1 aromatic rings. The molecule has 0 spiro atoms. The van der Waals surface area contributed by atoms with E-state index < -0.39 is 23.8 Å². The van der Waals surface area contributed by atoms with Gasteiger partial charge in [0.1, 0.15) is 6.04 Å². The number of nitrogens with one attached hydrogen (secondary N) is 1. The van der Waals surface area contributed by atoms with Gasteiger partial charge in [0.05, 0.1) is 18.7 Å². The third-order valence-corrected chi connectivity index (χ3v) is 3.65. The van der Waals surface area contributed by atoms with Gasteiger partial charge >= 0.3 is 5.97 Å². The lowest BCUT2D eigenvalue weighted by molar-refractivity contribution is -0.147. The summed E-state index contributed by atoms with van der Waals surface area (Å²) in [6.07, 6.45) is 1.36. The largest absolute Gasteiger partial charge is 0.480 e. The van der Waals surface area contributed by atoms with Crippen LogP contribution in [0, 0.1) is 0 Å². The average Bonchev–Trinajstić information content (AvgIpc) is 3.04. The molecule has 0 saturated carbocycles. The van der Waals surface area contributed by atoms with Gasteiger partial charge in [-0.2, -0.15) is 0 Å². The van der Waals surface area contributed by atoms with E-state index in [-0.39, 0.29) is 12.3 Å². The molecular formula is C11H12N2O5S. The van der Waals surface area contributed by atoms with Crippen molar-refractivity contribution in [2.24, 2.45) is 0 Å². The molecule has 1 aliphatic heterocycles. The number of carboxylic acids is 1. The van der Waals surface area contributed by atoms with E-state index in [1.165, 1.54) is 29.0 Å². The van der Waals surface area contributed by atoms with Gasteiger partial charge in [0, 0.05) is 5.75 Å². The molecule has 1 fully saturated rings. The first kappa shape index (κ1) is 13.5. The van der Waals surface area contributed by atoms with Crippen LogP contribution in [0.1, 0.15) is 10.6 Å². The van der Waals surface area contributed by atoms with Crippen molar-refractivity contribution in [2.75, 3.05) is 18.2 Å². The van der Waals surface area contributed by atoms with Crippen LogP contribution in [0.3, 0.4) is 0 Å². The van der Waals surface area contributed by atoms with Gasteiger partial charge in [-0.25, -0.2) is 4.79 Å². The van der Waals surface area contributed by atoms with Gasteiger partial charge in [-0.1, -0.05) is 0 Å². The van der Waals surface area contributed by atoms with Crippen LogP contribution >= 0.6 is 11.8 Å². The molecule has 0 radical (unpaired) electrons. The number of aliphatic carboxylic acids is 1. The molecule has 102 valence electrons. The Morgan fingerprint density at radius 2 is 2.32 bits per heavy atom. The first-order chi connectivity index (χ1) is 9.09. The lowest BCUT2D eigenvalue weighted by atomic mass is 10.3. The SMILES string of the molecule is O=C(NCC(=O)N1CSC[C@H]1C(=O)O)c1ccco1. The highest BCUT2D eigenvalue weighted by atomic mass is 32.2. The summed E-state index contributed by atoms with van der Waals surface area (Å²) in [6, 6.07) is 2.22. The topological polar surface area (TPSA) is 99.9 Å². The maximum atomic E-state index is 11.8. The third-order valence-electron chi connectivity index (χ3n) is 2.63. The Balaban J connectivity index is 1.88. The summed E-state index contributed by atoms with van der Waals surface area (Å²) < 4.78 is 4.88. The Labute approximate surface area is 112 Å². The van der Waals surface area contributed by atoms with Crippen LogP contribution in [0.15, 0.2) is 22.8 Å². The predicted octanol–water partition coefficient (Wildman–Crippen LogP) is -0.00450. The Bertz CT molecular complexity index is 487. The van der Waals surface area contributed by atoms with E-state index in [1.54, 1.807) is 6.07 Å². The summed E-state index contributed by atoms with van der Waals surface area (Å²) >= 11 is 1.37. The number of furan rings is 1. The maximum Gasteiger partial charge on any atom is 0.327 e. The second-order valence-corrected chi connectivity index (χ2v) is 4.88. The van der Waals surface area contributed by atoms with Gasteiger partial charge in [-0.05, 0) is 12.1 Å². The van der Waals surface area contributed by atoms with Crippen molar-refractivity contribution in [3.8, 4) is 0 Å². The minimum Gasteiger partial charge on any atom is -0.480 e. The Morgan fingerprint density at radius 3 is 2.95 bits per heavy atom. The van der Waals surface area contributed by atoms with E-state index in [0.717, 1.165) is 0 Å². The summed E-state index contributed by atoms with van der Waals surface area (Å²) in [5.74, 6) is -1.15. The van der Waals surface area contributed by atoms with Crippen LogP contribution < -0.4 is 5.32 Å². The standard InChI is InChI=1S/C11H12N2O5S/c14-9(13-6-19-5-7(13)11(16)17)4-12-10(15)8-2-1-3-18-8/h1-3,7H,4-6H2,(H,12,15)(H,16,17)/t7-/m0/s1. The number of hydrogen-bond donors (Lipinski definition) is 2. The molecule has 2 amide bonds. The van der Waals surface area contributed by atoms with Crippen LogP contribution in [-0.4, -0.2) is 52.0 Å². The Hall–Kier alpha value is -1.96. The average molecular weight is 284 g/mol. The highest BCUT2D eigenvalue weighted by Crippen LogP contribution is 2.20. The number of thioether (sulfide) groups is 1. The summed E-state index contributed by atoms with van der Waals surface area (Å²) in [7, 11) is 0. The second kappa shape index (κ2) is 5.79. The molecule has 0 unspecified atom stereocenters. The zero-order valence-electron chi connectivity index (χ0n) is 9.87. The summed E-state index contributed by atoms with van der Waals surface area (Å²) in [5.41, 5.74) is 0. The van der Waals surface area contributed by atoms with Crippen LogP contribution in [0.25, 0.3) is 0 Å². The number of nitrogens with zero attached hydrogens (tertiary/aromatic N) is 1. The fraction of sp³-hybridized carbons (Fsp3) is 0.364. The van der Waals surface area contributed by atoms with E-state index in [4.69, 9.17) is 9.52 Å². The number of rotatable bonds is 4. The number of hydrogen-bond acceptors (Lipinski definition) is 5. The van der Waals surface area contributed by atoms with Gasteiger partial charge in [-0.3, -0.25) is 9.59 Å². The fourth-order valence-corrected chi connectivity index (χ4v) is 2.82. The maximum absolute atomic E-state index is 11.8. The number of carbonyl (C=O) groups is 3. The van der Waals surface area contributed by atoms with E-state index >= 15 is 0 Å². The molecule has 2 N–H and O–H groups in total. The van der Waals surface area contributed by atoms with E-state index in [2.05, 4.69) is 5.32 Å². The van der Waals surface area contributed by atoms with Crippen molar-refractivity contribution < 1.29 is 23.9 Å².